The van der Waals surface area contributed by atoms with E-state index in [9.17, 15) is 9.59 Å². The molecule has 0 unspecified atom stereocenters. The van der Waals surface area contributed by atoms with Crippen LogP contribution in [0, 0.1) is 0 Å². The van der Waals surface area contributed by atoms with Crippen molar-refractivity contribution in [1.29, 1.82) is 0 Å². The number of carbonyl (C=O) groups excluding carboxylic acids is 2. The molecule has 0 bridgehead atoms. The van der Waals surface area contributed by atoms with Gasteiger partial charge in [-0.3, -0.25) is 0 Å². The Bertz CT molecular complexity index is 152. The maximum Gasteiger partial charge on any atom is 0.234 e. The van der Waals surface area contributed by atoms with Gasteiger partial charge in [0.05, 0.1) is 6.54 Å². The Hall–Kier alpha value is -0.885. The minimum atomic E-state index is 0.223. The Balaban J connectivity index is 3.19. The van der Waals surface area contributed by atoms with Gasteiger partial charge in [-0.1, -0.05) is 0 Å². The molecule has 0 aromatic carbocycles. The zero-order valence-electron chi connectivity index (χ0n) is 6.09. The van der Waals surface area contributed by atoms with E-state index in [1.165, 1.54) is 6.08 Å². The van der Waals surface area contributed by atoms with Gasteiger partial charge in [0.1, 0.15) is 13.6 Å². The number of carbonyl (C=O) groups is 1. The third-order valence-corrected chi connectivity index (χ3v) is 1.18. The molecule has 54 valence electrons. The zero-order chi connectivity index (χ0) is 7.82. The van der Waals surface area contributed by atoms with Gasteiger partial charge >= 0.3 is 0 Å². The third-order valence-electron chi connectivity index (χ3n) is 1.18. The molecule has 0 aliphatic heterocycles. The SMILES string of the molecule is BCC(=O)CCCN=C=O. The summed E-state index contributed by atoms with van der Waals surface area (Å²) in [6.45, 7) is 0.426. The molecule has 0 aromatic heterocycles. The number of aliphatic imine (C=N–C) groups is 1. The molecule has 0 radical (unpaired) electrons. The fraction of sp³-hybridized carbons (Fsp3) is 0.667. The predicted molar refractivity (Wildman–Crippen MR) is 40.6 cm³/mol. The van der Waals surface area contributed by atoms with Gasteiger partial charge < -0.3 is 4.79 Å². The quantitative estimate of drug-likeness (QED) is 0.227. The van der Waals surface area contributed by atoms with Crippen LogP contribution in [0.15, 0.2) is 4.99 Å². The lowest BCUT2D eigenvalue weighted by atomic mass is 9.98. The summed E-state index contributed by atoms with van der Waals surface area (Å²) in [6, 6.07) is 0. The summed E-state index contributed by atoms with van der Waals surface area (Å²) < 4.78 is 0. The Labute approximate surface area is 60.9 Å². The second kappa shape index (κ2) is 6.24. The number of ketones is 1. The number of Topliss-reactive ketones (excluding diaryl/α,β-unsaturated/α-hetero) is 1. The second-order valence-corrected chi connectivity index (χ2v) is 1.97. The van der Waals surface area contributed by atoms with Gasteiger partial charge in [0.25, 0.3) is 0 Å². The second-order valence-electron chi connectivity index (χ2n) is 1.97. The lowest BCUT2D eigenvalue weighted by Gasteiger charge is -1.91. The van der Waals surface area contributed by atoms with Gasteiger partial charge in [-0.05, 0) is 12.7 Å². The molecule has 0 fully saturated rings. The minimum Gasteiger partial charge on any atom is -0.301 e. The Morgan fingerprint density at radius 2 is 2.30 bits per heavy atom. The highest BCUT2D eigenvalue weighted by Crippen LogP contribution is 1.92. The van der Waals surface area contributed by atoms with Crippen LogP contribution in [0.5, 0.6) is 0 Å². The Morgan fingerprint density at radius 1 is 1.60 bits per heavy atom. The first-order valence-electron chi connectivity index (χ1n) is 3.36. The molecular weight excluding hydrogens is 129 g/mol. The first-order valence-corrected chi connectivity index (χ1v) is 3.36. The van der Waals surface area contributed by atoms with E-state index in [4.69, 9.17) is 0 Å². The molecule has 0 heterocycles. The third kappa shape index (κ3) is 5.26. The van der Waals surface area contributed by atoms with E-state index in [-0.39, 0.29) is 5.78 Å². The average Bonchev–Trinajstić information content (AvgIpc) is 1.98. The topological polar surface area (TPSA) is 46.5 Å². The molecule has 0 N–H and O–H groups in total. The van der Waals surface area contributed by atoms with E-state index in [2.05, 4.69) is 4.99 Å². The van der Waals surface area contributed by atoms with Crippen molar-refractivity contribution in [3.63, 3.8) is 0 Å². The molecule has 0 rings (SSSR count). The highest BCUT2D eigenvalue weighted by atomic mass is 16.1. The van der Waals surface area contributed by atoms with Gasteiger partial charge in [0.2, 0.25) is 6.08 Å². The summed E-state index contributed by atoms with van der Waals surface area (Å²) in [6.07, 6.45) is 3.20. The Morgan fingerprint density at radius 3 is 2.80 bits per heavy atom. The summed E-state index contributed by atoms with van der Waals surface area (Å²) in [5.74, 6) is 0.223. The molecule has 0 aromatic rings. The number of hydrogen-bond acceptors (Lipinski definition) is 3. The smallest absolute Gasteiger partial charge is 0.234 e. The van der Waals surface area contributed by atoms with E-state index in [1.54, 1.807) is 0 Å². The van der Waals surface area contributed by atoms with Gasteiger partial charge in [-0.2, -0.15) is 0 Å². The monoisotopic (exact) mass is 139 g/mol. The van der Waals surface area contributed by atoms with Crippen molar-refractivity contribution in [3.8, 4) is 0 Å². The highest BCUT2D eigenvalue weighted by Gasteiger charge is 1.95. The lowest BCUT2D eigenvalue weighted by molar-refractivity contribution is -0.117. The van der Waals surface area contributed by atoms with Crippen molar-refractivity contribution in [2.75, 3.05) is 6.54 Å². The van der Waals surface area contributed by atoms with Crippen molar-refractivity contribution in [2.24, 2.45) is 4.99 Å². The molecule has 0 spiro atoms. The summed E-state index contributed by atoms with van der Waals surface area (Å²) in [5, 5.41) is 0. The van der Waals surface area contributed by atoms with Gasteiger partial charge in [-0.15, -0.1) is 0 Å². The summed E-state index contributed by atoms with van der Waals surface area (Å²) in [7, 11) is 1.82. The van der Waals surface area contributed by atoms with E-state index in [1.807, 2.05) is 7.85 Å². The number of nitrogens with zero attached hydrogens (tertiary/aromatic N) is 1. The van der Waals surface area contributed by atoms with Crippen molar-refractivity contribution >= 4 is 19.7 Å². The summed E-state index contributed by atoms with van der Waals surface area (Å²) in [5.41, 5.74) is 0. The summed E-state index contributed by atoms with van der Waals surface area (Å²) in [4.78, 5) is 23.5. The van der Waals surface area contributed by atoms with Gasteiger partial charge in [0.15, 0.2) is 0 Å². The van der Waals surface area contributed by atoms with Crippen LogP contribution < -0.4 is 0 Å². The molecule has 0 saturated heterocycles. The standard InChI is InChI=1S/C6H10BNO2/c7-4-6(10)2-1-3-8-5-9/h1-4,7H2. The van der Waals surface area contributed by atoms with E-state index < -0.39 is 0 Å². The normalized spacial score (nSPS) is 8.40. The number of isocyanates is 1. The van der Waals surface area contributed by atoms with Crippen LogP contribution in [0.2, 0.25) is 6.32 Å². The highest BCUT2D eigenvalue weighted by molar-refractivity contribution is 6.20. The number of hydrogen-bond donors (Lipinski definition) is 0. The Kier molecular flexibility index (Phi) is 5.69. The molecule has 0 atom stereocenters. The van der Waals surface area contributed by atoms with E-state index in [0.717, 1.165) is 0 Å². The number of rotatable bonds is 5. The maximum absolute atomic E-state index is 10.6. The maximum atomic E-state index is 10.6. The van der Waals surface area contributed by atoms with Gasteiger partial charge in [-0.25, -0.2) is 9.79 Å². The van der Waals surface area contributed by atoms with Crippen molar-refractivity contribution in [2.45, 2.75) is 19.2 Å². The van der Waals surface area contributed by atoms with Crippen LogP contribution in [0.4, 0.5) is 0 Å². The fourth-order valence-electron chi connectivity index (χ4n) is 0.578. The van der Waals surface area contributed by atoms with Crippen molar-refractivity contribution in [3.05, 3.63) is 0 Å². The molecule has 0 saturated carbocycles. The average molecular weight is 139 g/mol. The lowest BCUT2D eigenvalue weighted by Crippen LogP contribution is -1.96. The van der Waals surface area contributed by atoms with Crippen LogP contribution >= 0.6 is 0 Å². The molecule has 0 amide bonds. The van der Waals surface area contributed by atoms with E-state index >= 15 is 0 Å². The molecule has 0 aliphatic carbocycles. The van der Waals surface area contributed by atoms with Crippen molar-refractivity contribution < 1.29 is 9.59 Å². The van der Waals surface area contributed by atoms with Crippen LogP contribution in [0.1, 0.15) is 12.8 Å². The first-order chi connectivity index (χ1) is 4.81. The molecule has 4 heteroatoms. The van der Waals surface area contributed by atoms with Gasteiger partial charge in [0, 0.05) is 6.42 Å². The predicted octanol–water partition coefficient (Wildman–Crippen LogP) is -0.277. The van der Waals surface area contributed by atoms with Crippen LogP contribution in [-0.4, -0.2) is 26.3 Å². The van der Waals surface area contributed by atoms with Crippen molar-refractivity contribution in [1.82, 2.24) is 0 Å². The van der Waals surface area contributed by atoms with Crippen LogP contribution in [0.3, 0.4) is 0 Å². The molecular formula is C6H10BNO2. The molecule has 10 heavy (non-hydrogen) atoms. The molecule has 3 nitrogen and oxygen atoms in total. The summed E-state index contributed by atoms with van der Waals surface area (Å²) >= 11 is 0. The minimum absolute atomic E-state index is 0.223. The van der Waals surface area contributed by atoms with Crippen LogP contribution in [0.25, 0.3) is 0 Å². The fourth-order valence-corrected chi connectivity index (χ4v) is 0.578. The largest absolute Gasteiger partial charge is 0.301 e. The molecule has 0 aliphatic rings. The van der Waals surface area contributed by atoms with E-state index in [0.29, 0.717) is 25.7 Å². The zero-order valence-corrected chi connectivity index (χ0v) is 6.09. The van der Waals surface area contributed by atoms with Crippen LogP contribution in [-0.2, 0) is 9.59 Å². The first kappa shape index (κ1) is 9.11.